The molecule has 0 aliphatic carbocycles. The Labute approximate surface area is 238 Å². The second-order valence-electron chi connectivity index (χ2n) is 9.01. The lowest BCUT2D eigenvalue weighted by atomic mass is 10.0. The number of hydrazone groups is 1. The number of hydrogen-bond donors (Lipinski definition) is 1. The maximum Gasteiger partial charge on any atom is 0.343 e. The molecule has 0 spiro atoms. The number of ether oxygens (including phenoxy) is 3. The molecule has 0 saturated carbocycles. The minimum Gasteiger partial charge on any atom is -0.494 e. The van der Waals surface area contributed by atoms with E-state index in [0.717, 1.165) is 16.3 Å². The van der Waals surface area contributed by atoms with Gasteiger partial charge in [-0.2, -0.15) is 5.10 Å². The zero-order valence-electron chi connectivity index (χ0n) is 22.4. The molecule has 0 radical (unpaired) electrons. The van der Waals surface area contributed by atoms with Crippen LogP contribution in [0.5, 0.6) is 17.2 Å². The molecule has 41 heavy (non-hydrogen) atoms. The van der Waals surface area contributed by atoms with Gasteiger partial charge in [0.05, 0.1) is 23.9 Å². The highest BCUT2D eigenvalue weighted by Crippen LogP contribution is 2.28. The molecule has 0 aliphatic rings. The van der Waals surface area contributed by atoms with E-state index < -0.39 is 11.9 Å². The lowest BCUT2D eigenvalue weighted by molar-refractivity contribution is 0.0734. The maximum absolute atomic E-state index is 13.1. The molecule has 0 aromatic heterocycles. The molecule has 7 nitrogen and oxygen atoms in total. The SMILES string of the molecule is CCOc1ccc(C(=O)Oc2ccc3ccccc3c2C=NNC(=O)c2ccccc2OCc2ccccc2)cc1. The van der Waals surface area contributed by atoms with Crippen molar-refractivity contribution >= 4 is 28.9 Å². The van der Waals surface area contributed by atoms with Gasteiger partial charge < -0.3 is 14.2 Å². The van der Waals surface area contributed by atoms with Crippen LogP contribution in [0.15, 0.2) is 120 Å². The topological polar surface area (TPSA) is 86.2 Å². The highest BCUT2D eigenvalue weighted by molar-refractivity contribution is 6.04. The van der Waals surface area contributed by atoms with Gasteiger partial charge >= 0.3 is 5.97 Å². The molecule has 1 amide bonds. The summed E-state index contributed by atoms with van der Waals surface area (Å²) in [6.45, 7) is 2.76. The molecule has 5 rings (SSSR count). The molecular weight excluding hydrogens is 516 g/mol. The van der Waals surface area contributed by atoms with Gasteiger partial charge in [-0.3, -0.25) is 4.79 Å². The summed E-state index contributed by atoms with van der Waals surface area (Å²) in [5.41, 5.74) is 4.85. The molecular formula is C34H28N2O5. The van der Waals surface area contributed by atoms with Crippen LogP contribution >= 0.6 is 0 Å². The van der Waals surface area contributed by atoms with E-state index in [-0.39, 0.29) is 0 Å². The van der Waals surface area contributed by atoms with Gasteiger partial charge in [0.15, 0.2) is 0 Å². The molecule has 0 heterocycles. The summed E-state index contributed by atoms with van der Waals surface area (Å²) >= 11 is 0. The molecule has 0 saturated heterocycles. The second-order valence-corrected chi connectivity index (χ2v) is 9.01. The maximum atomic E-state index is 13.1. The largest absolute Gasteiger partial charge is 0.494 e. The summed E-state index contributed by atoms with van der Waals surface area (Å²) in [5, 5.41) is 5.96. The number of hydrogen-bond acceptors (Lipinski definition) is 6. The van der Waals surface area contributed by atoms with Crippen LogP contribution < -0.4 is 19.6 Å². The van der Waals surface area contributed by atoms with Gasteiger partial charge in [0.25, 0.3) is 5.91 Å². The van der Waals surface area contributed by atoms with Gasteiger partial charge in [0.2, 0.25) is 0 Å². The standard InChI is InChI=1S/C34H28N2O5/c1-2-39-27-19-16-26(17-20-27)34(38)41-32-21-18-25-12-6-7-13-28(25)30(32)22-35-36-33(37)29-14-8-9-15-31(29)40-23-24-10-4-3-5-11-24/h3-22H,2,23H2,1H3,(H,36,37). The van der Waals surface area contributed by atoms with Gasteiger partial charge in [0.1, 0.15) is 23.9 Å². The van der Waals surface area contributed by atoms with Crippen molar-refractivity contribution < 1.29 is 23.8 Å². The van der Waals surface area contributed by atoms with Crippen LogP contribution in [0, 0.1) is 0 Å². The van der Waals surface area contributed by atoms with Crippen molar-refractivity contribution in [2.75, 3.05) is 6.61 Å². The Morgan fingerprint density at radius 2 is 1.49 bits per heavy atom. The molecule has 0 unspecified atom stereocenters. The average molecular weight is 545 g/mol. The Kier molecular flexibility index (Phi) is 8.66. The molecule has 5 aromatic rings. The molecule has 1 N–H and O–H groups in total. The number of rotatable bonds is 10. The molecule has 0 aliphatic heterocycles. The summed E-state index contributed by atoms with van der Waals surface area (Å²) in [4.78, 5) is 26.0. The van der Waals surface area contributed by atoms with Crippen molar-refractivity contribution in [1.29, 1.82) is 0 Å². The average Bonchev–Trinajstić information content (AvgIpc) is 3.02. The van der Waals surface area contributed by atoms with Crippen molar-refractivity contribution in [1.82, 2.24) is 5.43 Å². The van der Waals surface area contributed by atoms with Crippen LogP contribution in [-0.2, 0) is 6.61 Å². The van der Waals surface area contributed by atoms with E-state index in [1.54, 1.807) is 48.5 Å². The number of esters is 1. The van der Waals surface area contributed by atoms with E-state index in [0.29, 0.717) is 47.2 Å². The molecule has 7 heteroatoms. The van der Waals surface area contributed by atoms with E-state index in [4.69, 9.17) is 14.2 Å². The highest BCUT2D eigenvalue weighted by atomic mass is 16.5. The fraction of sp³-hybridized carbons (Fsp3) is 0.0882. The summed E-state index contributed by atoms with van der Waals surface area (Å²) in [7, 11) is 0. The first-order chi connectivity index (χ1) is 20.1. The van der Waals surface area contributed by atoms with Gasteiger partial charge in [0, 0.05) is 5.56 Å². The minimum atomic E-state index is -0.522. The predicted molar refractivity (Wildman–Crippen MR) is 159 cm³/mol. The van der Waals surface area contributed by atoms with Crippen LogP contribution in [-0.4, -0.2) is 24.7 Å². The van der Waals surface area contributed by atoms with Crippen LogP contribution in [0.25, 0.3) is 10.8 Å². The third-order valence-corrected chi connectivity index (χ3v) is 6.26. The van der Waals surface area contributed by atoms with E-state index in [1.807, 2.05) is 73.7 Å². The number of fused-ring (bicyclic) bond motifs is 1. The number of nitrogens with one attached hydrogen (secondary N) is 1. The third kappa shape index (κ3) is 6.78. The number of carbonyl (C=O) groups excluding carboxylic acids is 2. The van der Waals surface area contributed by atoms with Crippen molar-refractivity contribution in [3.8, 4) is 17.2 Å². The van der Waals surface area contributed by atoms with Crippen LogP contribution in [0.2, 0.25) is 0 Å². The summed E-state index contributed by atoms with van der Waals surface area (Å²) < 4.78 is 17.1. The quantitative estimate of drug-likeness (QED) is 0.0904. The first kappa shape index (κ1) is 27.1. The fourth-order valence-corrected chi connectivity index (χ4v) is 4.24. The summed E-state index contributed by atoms with van der Waals surface area (Å²) in [6.07, 6.45) is 1.48. The molecule has 5 aromatic carbocycles. The first-order valence-electron chi connectivity index (χ1n) is 13.2. The zero-order chi connectivity index (χ0) is 28.4. The molecule has 204 valence electrons. The Bertz CT molecular complexity index is 1680. The predicted octanol–water partition coefficient (Wildman–Crippen LogP) is 6.80. The molecule has 0 bridgehead atoms. The summed E-state index contributed by atoms with van der Waals surface area (Å²) in [5.74, 6) is 0.473. The van der Waals surface area contributed by atoms with Crippen molar-refractivity contribution in [3.63, 3.8) is 0 Å². The van der Waals surface area contributed by atoms with Crippen molar-refractivity contribution in [2.45, 2.75) is 13.5 Å². The molecule has 0 atom stereocenters. The van der Waals surface area contributed by atoms with Crippen molar-refractivity contribution in [3.05, 3.63) is 138 Å². The second kappa shape index (κ2) is 13.1. The lowest BCUT2D eigenvalue weighted by Gasteiger charge is -2.12. The van der Waals surface area contributed by atoms with E-state index >= 15 is 0 Å². The molecule has 0 fully saturated rings. The number of amides is 1. The van der Waals surface area contributed by atoms with Gasteiger partial charge in [-0.1, -0.05) is 72.8 Å². The van der Waals surface area contributed by atoms with Crippen molar-refractivity contribution in [2.24, 2.45) is 5.10 Å². The first-order valence-corrected chi connectivity index (χ1v) is 13.2. The Morgan fingerprint density at radius 1 is 0.756 bits per heavy atom. The smallest absolute Gasteiger partial charge is 0.343 e. The highest BCUT2D eigenvalue weighted by Gasteiger charge is 2.15. The van der Waals surface area contributed by atoms with Crippen LogP contribution in [0.3, 0.4) is 0 Å². The minimum absolute atomic E-state index is 0.312. The third-order valence-electron chi connectivity index (χ3n) is 6.26. The van der Waals surface area contributed by atoms with E-state index in [1.165, 1.54) is 6.21 Å². The Hall–Kier alpha value is -5.43. The summed E-state index contributed by atoms with van der Waals surface area (Å²) in [6, 6.07) is 34.7. The van der Waals surface area contributed by atoms with Crippen LogP contribution in [0.1, 0.15) is 38.8 Å². The number of carbonyl (C=O) groups is 2. The zero-order valence-corrected chi connectivity index (χ0v) is 22.4. The van der Waals surface area contributed by atoms with E-state index in [2.05, 4.69) is 10.5 Å². The van der Waals surface area contributed by atoms with Crippen LogP contribution in [0.4, 0.5) is 0 Å². The fourth-order valence-electron chi connectivity index (χ4n) is 4.24. The lowest BCUT2D eigenvalue weighted by Crippen LogP contribution is -2.19. The number of para-hydroxylation sites is 1. The number of benzene rings is 5. The van der Waals surface area contributed by atoms with Gasteiger partial charge in [-0.15, -0.1) is 0 Å². The Morgan fingerprint density at radius 3 is 2.29 bits per heavy atom. The Balaban J connectivity index is 1.34. The van der Waals surface area contributed by atoms with Gasteiger partial charge in [-0.05, 0) is 65.7 Å². The normalized spacial score (nSPS) is 10.9. The van der Waals surface area contributed by atoms with Gasteiger partial charge in [-0.25, -0.2) is 10.2 Å². The number of nitrogens with zero attached hydrogens (tertiary/aromatic N) is 1. The monoisotopic (exact) mass is 544 g/mol. The van der Waals surface area contributed by atoms with E-state index in [9.17, 15) is 9.59 Å².